The summed E-state index contributed by atoms with van der Waals surface area (Å²) in [6.45, 7) is 5.80. The second-order valence-corrected chi connectivity index (χ2v) is 21.3. The summed E-state index contributed by atoms with van der Waals surface area (Å²) in [6.07, 6.45) is 63.2. The van der Waals surface area contributed by atoms with Gasteiger partial charge >= 0.3 is 23.9 Å². The zero-order valence-electron chi connectivity index (χ0n) is 50.7. The molecule has 12 nitrogen and oxygen atoms in total. The molecule has 1 aliphatic rings. The highest BCUT2D eigenvalue weighted by Gasteiger charge is 2.50. The SMILES string of the molecule is CC/C=C\C/C=C\C/C=C\C/C=C\CCCCCCC(=O)OCC(COC1OC(C(=O)O)C(O)C(O)C1OC(=O)CCCCCCCC/C=C\C/C=C\C/C=C\CCCCC)OC(=O)CCCCCCC/C=C\C/C=C\CCCCC. The highest BCUT2D eigenvalue weighted by Crippen LogP contribution is 2.26. The van der Waals surface area contributed by atoms with Crippen molar-refractivity contribution < 1.29 is 58.2 Å². The minimum absolute atomic E-state index is 0.0367. The van der Waals surface area contributed by atoms with Crippen LogP contribution < -0.4 is 0 Å². The van der Waals surface area contributed by atoms with Gasteiger partial charge in [0.2, 0.25) is 0 Å². The Labute approximate surface area is 491 Å². The fourth-order valence-electron chi connectivity index (χ4n) is 8.92. The molecule has 1 aliphatic heterocycles. The number of hydrogen-bond acceptors (Lipinski definition) is 11. The summed E-state index contributed by atoms with van der Waals surface area (Å²) in [4.78, 5) is 51.3. The van der Waals surface area contributed by atoms with Gasteiger partial charge in [-0.1, -0.05) is 214 Å². The first-order valence-electron chi connectivity index (χ1n) is 31.9. The summed E-state index contributed by atoms with van der Waals surface area (Å²) >= 11 is 0. The van der Waals surface area contributed by atoms with Gasteiger partial charge in [-0.25, -0.2) is 4.79 Å². The molecular formula is C69H112O12. The molecule has 1 saturated heterocycles. The minimum atomic E-state index is -1.92. The van der Waals surface area contributed by atoms with Crippen LogP contribution in [0.2, 0.25) is 0 Å². The predicted octanol–water partition coefficient (Wildman–Crippen LogP) is 17.0. The lowest BCUT2D eigenvalue weighted by atomic mass is 9.98. The van der Waals surface area contributed by atoms with Crippen LogP contribution in [-0.2, 0) is 42.9 Å². The van der Waals surface area contributed by atoms with Gasteiger partial charge in [0.05, 0.1) is 6.61 Å². The van der Waals surface area contributed by atoms with E-state index in [0.717, 1.165) is 154 Å². The van der Waals surface area contributed by atoms with Gasteiger partial charge in [0.1, 0.15) is 18.8 Å². The van der Waals surface area contributed by atoms with Gasteiger partial charge in [0.25, 0.3) is 0 Å². The maximum Gasteiger partial charge on any atom is 0.335 e. The van der Waals surface area contributed by atoms with Gasteiger partial charge in [-0.3, -0.25) is 14.4 Å². The summed E-state index contributed by atoms with van der Waals surface area (Å²) in [6, 6.07) is 0. The molecule has 0 amide bonds. The second-order valence-electron chi connectivity index (χ2n) is 21.3. The Morgan fingerprint density at radius 2 is 0.778 bits per heavy atom. The van der Waals surface area contributed by atoms with Crippen molar-refractivity contribution in [2.24, 2.45) is 0 Å². The Morgan fingerprint density at radius 3 is 1.19 bits per heavy atom. The lowest BCUT2D eigenvalue weighted by Crippen LogP contribution is -2.61. The molecule has 0 saturated carbocycles. The van der Waals surface area contributed by atoms with Gasteiger partial charge in [-0.2, -0.15) is 0 Å². The number of carboxylic acids is 1. The summed E-state index contributed by atoms with van der Waals surface area (Å²) in [5.41, 5.74) is 0. The Morgan fingerprint density at radius 1 is 0.420 bits per heavy atom. The molecular weight excluding hydrogens is 1020 g/mol. The average Bonchev–Trinajstić information content (AvgIpc) is 3.53. The minimum Gasteiger partial charge on any atom is -0.479 e. The molecule has 6 unspecified atom stereocenters. The molecule has 0 aromatic heterocycles. The van der Waals surface area contributed by atoms with Crippen LogP contribution in [0.15, 0.2) is 109 Å². The van der Waals surface area contributed by atoms with Gasteiger partial charge in [-0.15, -0.1) is 0 Å². The van der Waals surface area contributed by atoms with Crippen LogP contribution in [0.25, 0.3) is 0 Å². The molecule has 0 radical (unpaired) electrons. The van der Waals surface area contributed by atoms with Crippen LogP contribution in [-0.4, -0.2) is 89.2 Å². The number of ether oxygens (including phenoxy) is 5. The number of hydrogen-bond donors (Lipinski definition) is 3. The Balaban J connectivity index is 2.70. The van der Waals surface area contributed by atoms with Crippen molar-refractivity contribution in [3.8, 4) is 0 Å². The summed E-state index contributed by atoms with van der Waals surface area (Å²) in [5.74, 6) is -3.19. The van der Waals surface area contributed by atoms with E-state index in [-0.39, 0.29) is 25.9 Å². The number of aliphatic carboxylic acids is 1. The predicted molar refractivity (Wildman–Crippen MR) is 330 cm³/mol. The second kappa shape index (κ2) is 55.9. The maximum atomic E-state index is 13.2. The van der Waals surface area contributed by atoms with E-state index in [1.54, 1.807) is 0 Å². The molecule has 1 rings (SSSR count). The third kappa shape index (κ3) is 45.6. The Bertz CT molecular complexity index is 1820. The maximum absolute atomic E-state index is 13.2. The first kappa shape index (κ1) is 74.4. The Hall–Kier alpha value is -4.62. The standard InChI is InChI=1S/C69H112O12/c1-4-7-10-13-16-19-22-25-28-30-31-33-36-39-42-45-48-51-54-57-63(72)80-67-65(74)64(73)66(68(75)76)81-69(67)78-59-60(79-62(71)56-53-50-47-44-41-38-34-27-24-21-18-15-12-9-6-3)58-77-61(70)55-52-49-46-43-40-37-35-32-29-26-23-20-17-14-11-8-5-2/h8,11,16-21,25-29,31,33-35,37,60,64-67,69,73-74H,4-7,9-10,12-15,22-24,30,32,36,38-59H2,1-3H3,(H,75,76)/b11-8-,19-16-,20-17-,21-18-,28-25-,29-26-,33-31-,34-27-,37-35-. The van der Waals surface area contributed by atoms with Crippen molar-refractivity contribution in [1.29, 1.82) is 0 Å². The van der Waals surface area contributed by atoms with E-state index in [1.807, 2.05) is 0 Å². The van der Waals surface area contributed by atoms with E-state index in [0.29, 0.717) is 19.3 Å². The molecule has 1 heterocycles. The summed E-state index contributed by atoms with van der Waals surface area (Å²) in [5, 5.41) is 31.6. The fourth-order valence-corrected chi connectivity index (χ4v) is 8.92. The number of carboxylic acid groups (broad SMARTS) is 1. The zero-order valence-corrected chi connectivity index (χ0v) is 50.7. The number of allylic oxidation sites excluding steroid dienone is 18. The van der Waals surface area contributed by atoms with E-state index >= 15 is 0 Å². The van der Waals surface area contributed by atoms with Crippen molar-refractivity contribution in [3.05, 3.63) is 109 Å². The third-order valence-electron chi connectivity index (χ3n) is 13.8. The van der Waals surface area contributed by atoms with Crippen molar-refractivity contribution >= 4 is 23.9 Å². The van der Waals surface area contributed by atoms with Crippen molar-refractivity contribution in [2.75, 3.05) is 13.2 Å². The topological polar surface area (TPSA) is 175 Å². The number of aliphatic hydroxyl groups excluding tert-OH is 2. The van der Waals surface area contributed by atoms with E-state index in [4.69, 9.17) is 23.7 Å². The van der Waals surface area contributed by atoms with Crippen LogP contribution >= 0.6 is 0 Å². The average molecular weight is 1130 g/mol. The molecule has 0 aromatic rings. The third-order valence-corrected chi connectivity index (χ3v) is 13.8. The number of rotatable bonds is 53. The quantitative estimate of drug-likeness (QED) is 0.0228. The van der Waals surface area contributed by atoms with Crippen molar-refractivity contribution in [3.63, 3.8) is 0 Å². The van der Waals surface area contributed by atoms with Crippen molar-refractivity contribution in [2.45, 2.75) is 289 Å². The molecule has 0 bridgehead atoms. The van der Waals surface area contributed by atoms with E-state index in [1.165, 1.54) is 38.5 Å². The molecule has 12 heteroatoms. The zero-order chi connectivity index (χ0) is 58.9. The van der Waals surface area contributed by atoms with Gasteiger partial charge < -0.3 is 39.0 Å². The van der Waals surface area contributed by atoms with E-state index in [9.17, 15) is 34.5 Å². The number of aliphatic hydroxyl groups is 2. The first-order valence-corrected chi connectivity index (χ1v) is 31.9. The van der Waals surface area contributed by atoms with Crippen molar-refractivity contribution in [1.82, 2.24) is 0 Å². The molecule has 0 aromatic carbocycles. The van der Waals surface area contributed by atoms with Gasteiger partial charge in [0.15, 0.2) is 24.6 Å². The number of carbonyl (C=O) groups excluding carboxylic acids is 3. The van der Waals surface area contributed by atoms with Crippen LogP contribution in [0.5, 0.6) is 0 Å². The fraction of sp³-hybridized carbons (Fsp3) is 0.681. The smallest absolute Gasteiger partial charge is 0.335 e. The van der Waals surface area contributed by atoms with Gasteiger partial charge in [0, 0.05) is 19.3 Å². The molecule has 1 fully saturated rings. The number of carbonyl (C=O) groups is 4. The normalized spacial score (nSPS) is 18.5. The first-order chi connectivity index (χ1) is 39.6. The van der Waals surface area contributed by atoms with Crippen LogP contribution in [0, 0.1) is 0 Å². The highest BCUT2D eigenvalue weighted by molar-refractivity contribution is 5.74. The van der Waals surface area contributed by atoms with Crippen LogP contribution in [0.1, 0.15) is 252 Å². The Kier molecular flexibility index (Phi) is 51.3. The highest BCUT2D eigenvalue weighted by atomic mass is 16.7. The largest absolute Gasteiger partial charge is 0.479 e. The van der Waals surface area contributed by atoms with Crippen LogP contribution in [0.4, 0.5) is 0 Å². The van der Waals surface area contributed by atoms with Gasteiger partial charge in [-0.05, 0) is 128 Å². The lowest BCUT2D eigenvalue weighted by molar-refractivity contribution is -0.301. The number of unbranched alkanes of at least 4 members (excludes halogenated alkanes) is 21. The molecule has 6 atom stereocenters. The summed E-state index contributed by atoms with van der Waals surface area (Å²) < 4.78 is 28.5. The number of esters is 3. The molecule has 0 spiro atoms. The lowest BCUT2D eigenvalue weighted by Gasteiger charge is -2.40. The molecule has 3 N–H and O–H groups in total. The molecule has 81 heavy (non-hydrogen) atoms. The van der Waals surface area contributed by atoms with Crippen LogP contribution in [0.3, 0.4) is 0 Å². The van der Waals surface area contributed by atoms with E-state index < -0.39 is 67.3 Å². The molecule has 460 valence electrons. The molecule has 0 aliphatic carbocycles. The van der Waals surface area contributed by atoms with E-state index in [2.05, 4.69) is 130 Å². The summed E-state index contributed by atoms with van der Waals surface area (Å²) in [7, 11) is 0. The monoisotopic (exact) mass is 1130 g/mol.